The maximum absolute atomic E-state index is 12.1. The topological polar surface area (TPSA) is 73.9 Å². The highest BCUT2D eigenvalue weighted by Crippen LogP contribution is 2.23. The van der Waals surface area contributed by atoms with Crippen LogP contribution in [0.3, 0.4) is 0 Å². The van der Waals surface area contributed by atoms with Crippen LogP contribution in [-0.2, 0) is 9.53 Å². The van der Waals surface area contributed by atoms with Crippen molar-refractivity contribution in [3.63, 3.8) is 0 Å². The van der Waals surface area contributed by atoms with Crippen LogP contribution in [0.2, 0.25) is 0 Å². The van der Waals surface area contributed by atoms with Gasteiger partial charge in [0.25, 0.3) is 5.91 Å². The first kappa shape index (κ1) is 20.1. The highest BCUT2D eigenvalue weighted by atomic mass is 19.4. The third kappa shape index (κ3) is 6.89. The molecule has 144 valence electrons. The summed E-state index contributed by atoms with van der Waals surface area (Å²) in [5, 5.41) is 2.39. The number of esters is 1. The van der Waals surface area contributed by atoms with Crippen LogP contribution in [0.15, 0.2) is 48.5 Å². The average Bonchev–Trinajstić information content (AvgIpc) is 2.61. The summed E-state index contributed by atoms with van der Waals surface area (Å²) in [6.07, 6.45) is -4.79. The van der Waals surface area contributed by atoms with Crippen molar-refractivity contribution in [3.8, 4) is 11.5 Å². The molecular weight excluding hydrogens is 367 g/mol. The Morgan fingerprint density at radius 2 is 1.56 bits per heavy atom. The minimum Gasteiger partial charge on any atom is -0.494 e. The minimum atomic E-state index is -4.79. The third-order valence-electron chi connectivity index (χ3n) is 3.11. The molecule has 0 aliphatic heterocycles. The van der Waals surface area contributed by atoms with Gasteiger partial charge >= 0.3 is 12.3 Å². The third-order valence-corrected chi connectivity index (χ3v) is 3.11. The molecule has 0 saturated heterocycles. The largest absolute Gasteiger partial charge is 0.573 e. The number of carbonyl (C=O) groups is 2. The summed E-state index contributed by atoms with van der Waals surface area (Å²) < 4.78 is 50.1. The van der Waals surface area contributed by atoms with E-state index in [4.69, 9.17) is 9.47 Å². The lowest BCUT2D eigenvalue weighted by atomic mass is 10.2. The fourth-order valence-electron chi connectivity index (χ4n) is 2.01. The maximum atomic E-state index is 12.1. The fraction of sp³-hybridized carbons (Fsp3) is 0.222. The number of halogens is 3. The van der Waals surface area contributed by atoms with Gasteiger partial charge in [-0.15, -0.1) is 13.2 Å². The molecule has 0 heterocycles. The Morgan fingerprint density at radius 1 is 0.963 bits per heavy atom. The SMILES string of the molecule is CCOc1ccc(C(=O)OCC(=O)Nc2ccc(OC(F)(F)F)cc2)cc1. The number of alkyl halides is 3. The van der Waals surface area contributed by atoms with Crippen molar-refractivity contribution >= 4 is 17.6 Å². The molecule has 2 aromatic carbocycles. The summed E-state index contributed by atoms with van der Waals surface area (Å²) in [5.74, 6) is -1.15. The fourth-order valence-corrected chi connectivity index (χ4v) is 2.01. The second-order valence-corrected chi connectivity index (χ2v) is 5.15. The highest BCUT2D eigenvalue weighted by molar-refractivity contribution is 5.95. The van der Waals surface area contributed by atoms with Gasteiger partial charge in [-0.05, 0) is 55.5 Å². The van der Waals surface area contributed by atoms with Crippen LogP contribution >= 0.6 is 0 Å². The van der Waals surface area contributed by atoms with Gasteiger partial charge in [-0.1, -0.05) is 0 Å². The Kier molecular flexibility index (Phi) is 6.64. The number of anilines is 1. The van der Waals surface area contributed by atoms with Crippen LogP contribution in [0.25, 0.3) is 0 Å². The van der Waals surface area contributed by atoms with Gasteiger partial charge in [-0.2, -0.15) is 0 Å². The van der Waals surface area contributed by atoms with Crippen molar-refractivity contribution < 1.29 is 37.0 Å². The second-order valence-electron chi connectivity index (χ2n) is 5.15. The molecule has 2 aromatic rings. The average molecular weight is 383 g/mol. The number of rotatable bonds is 7. The molecule has 0 spiro atoms. The van der Waals surface area contributed by atoms with E-state index in [1.807, 2.05) is 6.92 Å². The van der Waals surface area contributed by atoms with Gasteiger partial charge in [0, 0.05) is 5.69 Å². The van der Waals surface area contributed by atoms with Crippen LogP contribution in [0.5, 0.6) is 11.5 Å². The molecular formula is C18H16F3NO5. The number of carbonyl (C=O) groups excluding carboxylic acids is 2. The van der Waals surface area contributed by atoms with Crippen molar-refractivity contribution in [2.24, 2.45) is 0 Å². The van der Waals surface area contributed by atoms with E-state index in [9.17, 15) is 22.8 Å². The number of hydrogen-bond acceptors (Lipinski definition) is 5. The van der Waals surface area contributed by atoms with E-state index in [0.29, 0.717) is 12.4 Å². The molecule has 0 radical (unpaired) electrons. The van der Waals surface area contributed by atoms with E-state index in [1.54, 1.807) is 12.1 Å². The van der Waals surface area contributed by atoms with Crippen molar-refractivity contribution in [1.29, 1.82) is 0 Å². The van der Waals surface area contributed by atoms with E-state index in [2.05, 4.69) is 10.1 Å². The Hall–Kier alpha value is -3.23. The monoisotopic (exact) mass is 383 g/mol. The van der Waals surface area contributed by atoms with Gasteiger partial charge in [0.1, 0.15) is 11.5 Å². The number of nitrogens with one attached hydrogen (secondary N) is 1. The first-order chi connectivity index (χ1) is 12.8. The van der Waals surface area contributed by atoms with E-state index in [0.717, 1.165) is 12.1 Å². The number of hydrogen-bond donors (Lipinski definition) is 1. The van der Waals surface area contributed by atoms with Gasteiger partial charge in [0.2, 0.25) is 0 Å². The minimum absolute atomic E-state index is 0.228. The molecule has 2 rings (SSSR count). The summed E-state index contributed by atoms with van der Waals surface area (Å²) >= 11 is 0. The summed E-state index contributed by atoms with van der Waals surface area (Å²) in [7, 11) is 0. The molecule has 0 fully saturated rings. The number of benzene rings is 2. The Morgan fingerprint density at radius 3 is 2.11 bits per heavy atom. The van der Waals surface area contributed by atoms with Crippen molar-refractivity contribution in [1.82, 2.24) is 0 Å². The maximum Gasteiger partial charge on any atom is 0.573 e. The lowest BCUT2D eigenvalue weighted by molar-refractivity contribution is -0.274. The standard InChI is InChI=1S/C18H16F3NO5/c1-2-25-14-7-3-12(4-8-14)17(24)26-11-16(23)22-13-5-9-15(10-6-13)27-18(19,20)21/h3-10H,2,11H2,1H3,(H,22,23). The van der Waals surface area contributed by atoms with E-state index in [1.165, 1.54) is 24.3 Å². The first-order valence-electron chi connectivity index (χ1n) is 7.82. The molecule has 1 amide bonds. The van der Waals surface area contributed by atoms with Crippen LogP contribution in [0, 0.1) is 0 Å². The highest BCUT2D eigenvalue weighted by Gasteiger charge is 2.30. The summed E-state index contributed by atoms with van der Waals surface area (Å²) in [4.78, 5) is 23.7. The van der Waals surface area contributed by atoms with Crippen LogP contribution in [-0.4, -0.2) is 31.5 Å². The smallest absolute Gasteiger partial charge is 0.494 e. The Bertz CT molecular complexity index is 773. The molecule has 0 bridgehead atoms. The molecule has 27 heavy (non-hydrogen) atoms. The second kappa shape index (κ2) is 8.93. The number of ether oxygens (including phenoxy) is 3. The molecule has 0 aliphatic carbocycles. The zero-order valence-corrected chi connectivity index (χ0v) is 14.2. The molecule has 0 saturated carbocycles. The molecule has 9 heteroatoms. The lowest BCUT2D eigenvalue weighted by Crippen LogP contribution is -2.21. The van der Waals surface area contributed by atoms with Gasteiger partial charge in [0.15, 0.2) is 6.61 Å². The van der Waals surface area contributed by atoms with Gasteiger partial charge in [-0.25, -0.2) is 4.79 Å². The van der Waals surface area contributed by atoms with Gasteiger partial charge in [0.05, 0.1) is 12.2 Å². The summed E-state index contributed by atoms with van der Waals surface area (Å²) in [6.45, 7) is 1.78. The zero-order chi connectivity index (χ0) is 19.9. The molecule has 0 unspecified atom stereocenters. The zero-order valence-electron chi connectivity index (χ0n) is 14.2. The van der Waals surface area contributed by atoms with Crippen molar-refractivity contribution in [2.75, 3.05) is 18.5 Å². The van der Waals surface area contributed by atoms with Crippen molar-refractivity contribution in [3.05, 3.63) is 54.1 Å². The summed E-state index contributed by atoms with van der Waals surface area (Å²) in [5.41, 5.74) is 0.478. The van der Waals surface area contributed by atoms with Gasteiger partial charge in [-0.3, -0.25) is 4.79 Å². The van der Waals surface area contributed by atoms with Crippen LogP contribution in [0.4, 0.5) is 18.9 Å². The van der Waals surface area contributed by atoms with Crippen molar-refractivity contribution in [2.45, 2.75) is 13.3 Å². The molecule has 1 N–H and O–H groups in total. The van der Waals surface area contributed by atoms with Gasteiger partial charge < -0.3 is 19.5 Å². The molecule has 0 aromatic heterocycles. The van der Waals surface area contributed by atoms with Crippen LogP contribution < -0.4 is 14.8 Å². The molecule has 0 atom stereocenters. The normalized spacial score (nSPS) is 10.8. The Balaban J connectivity index is 1.82. The predicted molar refractivity (Wildman–Crippen MR) is 89.6 cm³/mol. The molecule has 0 aliphatic rings. The van der Waals surface area contributed by atoms with E-state index < -0.39 is 30.6 Å². The summed E-state index contributed by atoms with van der Waals surface area (Å²) in [6, 6.07) is 10.8. The first-order valence-corrected chi connectivity index (χ1v) is 7.82. The van der Waals surface area contributed by atoms with E-state index in [-0.39, 0.29) is 11.3 Å². The molecule has 6 nitrogen and oxygen atoms in total. The lowest BCUT2D eigenvalue weighted by Gasteiger charge is -2.10. The number of amides is 1. The van der Waals surface area contributed by atoms with Crippen LogP contribution in [0.1, 0.15) is 17.3 Å². The van der Waals surface area contributed by atoms with E-state index >= 15 is 0 Å². The quantitative estimate of drug-likeness (QED) is 0.737. The Labute approximate surface area is 152 Å². The predicted octanol–water partition coefficient (Wildman–Crippen LogP) is 3.78.